The highest BCUT2D eigenvalue weighted by atomic mass is 16.7. The summed E-state index contributed by atoms with van der Waals surface area (Å²) in [5.74, 6) is -1.87. The van der Waals surface area contributed by atoms with E-state index in [-0.39, 0.29) is 25.6 Å². The summed E-state index contributed by atoms with van der Waals surface area (Å²) >= 11 is 0. The number of hydroxylamine groups is 1. The van der Waals surface area contributed by atoms with Gasteiger partial charge < -0.3 is 19.9 Å². The average molecular weight is 485 g/mol. The smallest absolute Gasteiger partial charge is 0.407 e. The fraction of sp³-hybridized carbons (Fsp3) is 0.423. The third-order valence-electron chi connectivity index (χ3n) is 5.91. The van der Waals surface area contributed by atoms with Gasteiger partial charge >= 0.3 is 12.1 Å². The lowest BCUT2D eigenvalue weighted by atomic mass is 9.98. The molecule has 3 rings (SSSR count). The Balaban J connectivity index is 1.56. The molecule has 1 aliphatic carbocycles. The number of carboxylic acid groups (broad SMARTS) is 1. The summed E-state index contributed by atoms with van der Waals surface area (Å²) in [6.07, 6.45) is 0.232. The summed E-state index contributed by atoms with van der Waals surface area (Å²) in [5.41, 5.74) is 6.65. The molecule has 0 spiro atoms. The van der Waals surface area contributed by atoms with Gasteiger partial charge in [0.15, 0.2) is 0 Å². The molecule has 0 aromatic heterocycles. The number of carboxylic acids is 1. The maximum Gasteiger partial charge on any atom is 0.407 e. The van der Waals surface area contributed by atoms with Crippen molar-refractivity contribution >= 4 is 18.0 Å². The second-order valence-corrected chi connectivity index (χ2v) is 8.44. The van der Waals surface area contributed by atoms with Crippen LogP contribution >= 0.6 is 0 Å². The molecule has 0 saturated heterocycles. The molecule has 9 heteroatoms. The Labute approximate surface area is 204 Å². The molecular formula is C26H32N2O7. The number of amides is 2. The minimum Gasteiger partial charge on any atom is -0.479 e. The van der Waals surface area contributed by atoms with Gasteiger partial charge in [0.1, 0.15) is 6.61 Å². The third kappa shape index (κ3) is 7.03. The molecular weight excluding hydrogens is 452 g/mol. The summed E-state index contributed by atoms with van der Waals surface area (Å²) in [7, 11) is 1.33. The van der Waals surface area contributed by atoms with Gasteiger partial charge in [-0.25, -0.2) is 15.1 Å². The molecule has 9 nitrogen and oxygen atoms in total. The summed E-state index contributed by atoms with van der Waals surface area (Å²) in [4.78, 5) is 41.0. The molecule has 2 atom stereocenters. The molecule has 188 valence electrons. The molecule has 3 N–H and O–H groups in total. The Kier molecular flexibility index (Phi) is 9.63. The Bertz CT molecular complexity index is 981. The van der Waals surface area contributed by atoms with E-state index in [0.717, 1.165) is 35.1 Å². The number of aliphatic carboxylic acids is 1. The minimum absolute atomic E-state index is 0.0623. The highest BCUT2D eigenvalue weighted by Gasteiger charge is 2.29. The lowest BCUT2D eigenvalue weighted by Gasteiger charge is -2.20. The summed E-state index contributed by atoms with van der Waals surface area (Å²) < 4.78 is 10.4. The van der Waals surface area contributed by atoms with Gasteiger partial charge in [0, 0.05) is 25.5 Å². The maximum absolute atomic E-state index is 12.6. The van der Waals surface area contributed by atoms with Crippen LogP contribution in [-0.2, 0) is 23.9 Å². The first kappa shape index (κ1) is 26.2. The Hall–Kier alpha value is -3.43. The van der Waals surface area contributed by atoms with Crippen LogP contribution in [-0.4, -0.2) is 55.5 Å². The number of unbranched alkanes of at least 4 members (excludes halogenated alkanes) is 1. The molecule has 0 heterocycles. The van der Waals surface area contributed by atoms with Crippen LogP contribution in [0.4, 0.5) is 4.79 Å². The number of carbonyl (C=O) groups excluding carboxylic acids is 2. The summed E-state index contributed by atoms with van der Waals surface area (Å²) in [5, 5.41) is 11.8. The monoisotopic (exact) mass is 484 g/mol. The topological polar surface area (TPSA) is 123 Å². The van der Waals surface area contributed by atoms with Crippen molar-refractivity contribution in [2.45, 2.75) is 50.7 Å². The van der Waals surface area contributed by atoms with E-state index >= 15 is 0 Å². The van der Waals surface area contributed by atoms with E-state index in [0.29, 0.717) is 6.42 Å². The van der Waals surface area contributed by atoms with Crippen molar-refractivity contribution < 1.29 is 33.8 Å². The van der Waals surface area contributed by atoms with Crippen LogP contribution in [0.1, 0.15) is 49.7 Å². The second kappa shape index (κ2) is 12.9. The second-order valence-electron chi connectivity index (χ2n) is 8.44. The van der Waals surface area contributed by atoms with E-state index in [1.165, 1.54) is 7.11 Å². The van der Waals surface area contributed by atoms with E-state index in [9.17, 15) is 14.4 Å². The van der Waals surface area contributed by atoms with Gasteiger partial charge in [-0.1, -0.05) is 68.3 Å². The van der Waals surface area contributed by atoms with Crippen LogP contribution in [0.15, 0.2) is 48.5 Å². The number of methoxy groups -OCH3 is 1. The number of benzene rings is 2. The number of nitrogens with one attached hydrogen (secondary N) is 2. The average Bonchev–Trinajstić information content (AvgIpc) is 3.17. The molecule has 0 bridgehead atoms. The van der Waals surface area contributed by atoms with Crippen molar-refractivity contribution in [1.29, 1.82) is 0 Å². The van der Waals surface area contributed by atoms with Crippen molar-refractivity contribution in [1.82, 2.24) is 10.8 Å². The van der Waals surface area contributed by atoms with E-state index in [1.807, 2.05) is 43.3 Å². The molecule has 0 fully saturated rings. The molecule has 2 aromatic rings. The highest BCUT2D eigenvalue weighted by Crippen LogP contribution is 2.44. The third-order valence-corrected chi connectivity index (χ3v) is 5.91. The number of hydrogen-bond donors (Lipinski definition) is 3. The largest absolute Gasteiger partial charge is 0.479 e. The van der Waals surface area contributed by atoms with Gasteiger partial charge in [-0.05, 0) is 28.7 Å². The van der Waals surface area contributed by atoms with Crippen LogP contribution in [0, 0.1) is 0 Å². The molecule has 2 amide bonds. The van der Waals surface area contributed by atoms with Crippen LogP contribution < -0.4 is 10.8 Å². The summed E-state index contributed by atoms with van der Waals surface area (Å²) in [6.45, 7) is 1.97. The minimum atomic E-state index is -1.33. The van der Waals surface area contributed by atoms with Crippen LogP contribution in [0.5, 0.6) is 0 Å². The van der Waals surface area contributed by atoms with E-state index in [4.69, 9.17) is 19.4 Å². The van der Waals surface area contributed by atoms with Crippen LogP contribution in [0.25, 0.3) is 11.1 Å². The fourth-order valence-corrected chi connectivity index (χ4v) is 4.19. The number of carbonyl (C=O) groups is 3. The molecule has 0 radical (unpaired) electrons. The number of hydrogen-bond acceptors (Lipinski definition) is 6. The zero-order valence-electron chi connectivity index (χ0n) is 20.0. The molecule has 1 unspecified atom stereocenters. The molecule has 1 aliphatic rings. The van der Waals surface area contributed by atoms with E-state index in [1.54, 1.807) is 0 Å². The first-order valence-corrected chi connectivity index (χ1v) is 11.7. The predicted octanol–water partition coefficient (Wildman–Crippen LogP) is 3.62. The quantitative estimate of drug-likeness (QED) is 0.371. The number of fused-ring (bicyclic) bond motifs is 3. The van der Waals surface area contributed by atoms with Gasteiger partial charge in [-0.2, -0.15) is 0 Å². The standard InChI is InChI=1S/C26H32N2O7/c1-3-4-9-17(14-24(29)28-35-23(16-33-2)25(30)31)27-26(32)34-15-22-20-12-7-5-10-18(20)19-11-6-8-13-21(19)22/h5-8,10-13,17,22-23H,3-4,9,14-16H2,1-2H3,(H,27,32)(H,28,29)(H,30,31)/t17-,23?/m0/s1. The number of alkyl carbamates (subject to hydrolysis) is 1. The first-order chi connectivity index (χ1) is 16.9. The Morgan fingerprint density at radius 2 is 1.66 bits per heavy atom. The highest BCUT2D eigenvalue weighted by molar-refractivity contribution is 5.79. The van der Waals surface area contributed by atoms with Gasteiger partial charge in [0.25, 0.3) is 0 Å². The van der Waals surface area contributed by atoms with Gasteiger partial charge in [-0.3, -0.25) is 9.63 Å². The van der Waals surface area contributed by atoms with Crippen LogP contribution in [0.3, 0.4) is 0 Å². The lowest BCUT2D eigenvalue weighted by molar-refractivity contribution is -0.165. The van der Waals surface area contributed by atoms with E-state index in [2.05, 4.69) is 22.9 Å². The van der Waals surface area contributed by atoms with Crippen molar-refractivity contribution in [3.05, 3.63) is 59.7 Å². The first-order valence-electron chi connectivity index (χ1n) is 11.7. The van der Waals surface area contributed by atoms with Gasteiger partial charge in [-0.15, -0.1) is 0 Å². The Morgan fingerprint density at radius 1 is 1.03 bits per heavy atom. The number of rotatable bonds is 13. The van der Waals surface area contributed by atoms with Crippen molar-refractivity contribution in [3.8, 4) is 11.1 Å². The molecule has 35 heavy (non-hydrogen) atoms. The van der Waals surface area contributed by atoms with Crippen molar-refractivity contribution in [2.75, 3.05) is 20.3 Å². The fourth-order valence-electron chi connectivity index (χ4n) is 4.19. The van der Waals surface area contributed by atoms with Crippen molar-refractivity contribution in [2.24, 2.45) is 0 Å². The van der Waals surface area contributed by atoms with Crippen LogP contribution in [0.2, 0.25) is 0 Å². The number of ether oxygens (including phenoxy) is 2. The maximum atomic E-state index is 12.6. The normalized spacial score (nSPS) is 13.9. The lowest BCUT2D eigenvalue weighted by Crippen LogP contribution is -2.42. The summed E-state index contributed by atoms with van der Waals surface area (Å²) in [6, 6.07) is 15.7. The predicted molar refractivity (Wildman–Crippen MR) is 129 cm³/mol. The molecule has 0 aliphatic heterocycles. The van der Waals surface area contributed by atoms with Gasteiger partial charge in [0.2, 0.25) is 12.0 Å². The SMILES string of the molecule is CCCC[C@@H](CC(=O)NOC(COC)C(=O)O)NC(=O)OCC1c2ccccc2-c2ccccc21. The molecule has 0 saturated carbocycles. The van der Waals surface area contributed by atoms with Gasteiger partial charge in [0.05, 0.1) is 6.61 Å². The van der Waals surface area contributed by atoms with Crippen molar-refractivity contribution in [3.63, 3.8) is 0 Å². The van der Waals surface area contributed by atoms with E-state index < -0.39 is 30.1 Å². The zero-order valence-corrected chi connectivity index (χ0v) is 20.0. The molecule has 2 aromatic carbocycles. The zero-order chi connectivity index (χ0) is 25.2. The Morgan fingerprint density at radius 3 is 2.23 bits per heavy atom.